The maximum absolute atomic E-state index is 12.5. The molecular formula is C19H22Cl2N4O3. The first-order valence-corrected chi connectivity index (χ1v) is 9.65. The molecule has 150 valence electrons. The highest BCUT2D eigenvalue weighted by Gasteiger charge is 2.37. The first-order valence-electron chi connectivity index (χ1n) is 8.89. The van der Waals surface area contributed by atoms with E-state index in [9.17, 15) is 9.59 Å². The number of piperazine rings is 1. The Bertz CT molecular complexity index is 838. The third-order valence-corrected chi connectivity index (χ3v) is 5.41. The molecule has 2 heterocycles. The number of benzene rings is 1. The van der Waals surface area contributed by atoms with E-state index in [0.29, 0.717) is 35.4 Å². The molecule has 9 heteroatoms. The number of nitrogens with two attached hydrogens (primary N) is 1. The summed E-state index contributed by atoms with van der Waals surface area (Å²) in [5.74, 6) is -0.787. The van der Waals surface area contributed by atoms with Crippen LogP contribution in [0.3, 0.4) is 0 Å². The van der Waals surface area contributed by atoms with E-state index in [1.807, 2.05) is 19.1 Å². The molecule has 2 unspecified atom stereocenters. The second-order valence-electron chi connectivity index (χ2n) is 6.93. The number of carbonyl (C=O) groups is 2. The SMILES string of the molecule is CC1CN(C2=C(N)C=C(Cl)CN2)C(c2ccc(Cl)cc2)CN1C(=O)CC(=O)O. The summed E-state index contributed by atoms with van der Waals surface area (Å²) in [6, 6.07) is 6.99. The molecule has 0 spiro atoms. The van der Waals surface area contributed by atoms with E-state index in [1.165, 1.54) is 0 Å². The molecule has 7 nitrogen and oxygen atoms in total. The first kappa shape index (κ1) is 20.4. The molecule has 4 N–H and O–H groups in total. The van der Waals surface area contributed by atoms with Gasteiger partial charge in [-0.1, -0.05) is 35.3 Å². The minimum Gasteiger partial charge on any atom is -0.481 e. The standard InChI is InChI=1S/C19H22Cl2N4O3/c1-11-9-25(19-15(22)6-14(21)8-23-19)16(12-2-4-13(20)5-3-12)10-24(11)17(26)7-18(27)28/h2-6,11,16,23H,7-10,22H2,1H3,(H,27,28). The van der Waals surface area contributed by atoms with Crippen LogP contribution in [0.1, 0.15) is 24.9 Å². The molecule has 2 aliphatic rings. The number of allylic oxidation sites excluding steroid dienone is 1. The highest BCUT2D eigenvalue weighted by molar-refractivity contribution is 6.30. The van der Waals surface area contributed by atoms with E-state index in [4.69, 9.17) is 34.0 Å². The zero-order chi connectivity index (χ0) is 20.4. The summed E-state index contributed by atoms with van der Waals surface area (Å²) >= 11 is 12.1. The fourth-order valence-corrected chi connectivity index (χ4v) is 3.91. The largest absolute Gasteiger partial charge is 0.481 e. The van der Waals surface area contributed by atoms with Crippen molar-refractivity contribution in [1.29, 1.82) is 0 Å². The van der Waals surface area contributed by atoms with E-state index in [-0.39, 0.29) is 12.1 Å². The molecule has 1 aromatic carbocycles. The van der Waals surface area contributed by atoms with Crippen LogP contribution in [0.2, 0.25) is 5.02 Å². The van der Waals surface area contributed by atoms with E-state index in [2.05, 4.69) is 10.2 Å². The maximum Gasteiger partial charge on any atom is 0.312 e. The number of carboxylic acids is 1. The van der Waals surface area contributed by atoms with Crippen LogP contribution in [-0.4, -0.2) is 52.5 Å². The van der Waals surface area contributed by atoms with Crippen LogP contribution in [-0.2, 0) is 9.59 Å². The van der Waals surface area contributed by atoms with Crippen LogP contribution >= 0.6 is 23.2 Å². The van der Waals surface area contributed by atoms with Gasteiger partial charge in [-0.15, -0.1) is 0 Å². The number of rotatable bonds is 4. The molecule has 0 radical (unpaired) electrons. The van der Waals surface area contributed by atoms with Gasteiger partial charge in [-0.05, 0) is 30.7 Å². The molecule has 0 aliphatic carbocycles. The van der Waals surface area contributed by atoms with Gasteiger partial charge < -0.3 is 26.0 Å². The van der Waals surface area contributed by atoms with Crippen molar-refractivity contribution in [3.05, 3.63) is 57.5 Å². The van der Waals surface area contributed by atoms with Crippen molar-refractivity contribution in [3.63, 3.8) is 0 Å². The lowest BCUT2D eigenvalue weighted by Crippen LogP contribution is -2.57. The Morgan fingerprint density at radius 2 is 1.93 bits per heavy atom. The van der Waals surface area contributed by atoms with Gasteiger partial charge in [0.1, 0.15) is 12.2 Å². The fourth-order valence-electron chi connectivity index (χ4n) is 3.60. The van der Waals surface area contributed by atoms with E-state index in [0.717, 1.165) is 11.4 Å². The molecule has 2 aliphatic heterocycles. The average Bonchev–Trinajstić information content (AvgIpc) is 2.62. The normalized spacial score (nSPS) is 22.6. The van der Waals surface area contributed by atoms with Crippen molar-refractivity contribution >= 4 is 35.1 Å². The smallest absolute Gasteiger partial charge is 0.312 e. The summed E-state index contributed by atoms with van der Waals surface area (Å²) < 4.78 is 0. The number of hydrogen-bond donors (Lipinski definition) is 3. The van der Waals surface area contributed by atoms with Crippen LogP contribution in [0.4, 0.5) is 0 Å². The van der Waals surface area contributed by atoms with Gasteiger partial charge in [0.2, 0.25) is 5.91 Å². The van der Waals surface area contributed by atoms with Crippen molar-refractivity contribution in [2.24, 2.45) is 5.73 Å². The molecule has 3 rings (SSSR count). The lowest BCUT2D eigenvalue weighted by Gasteiger charge is -2.48. The van der Waals surface area contributed by atoms with Crippen LogP contribution in [0.25, 0.3) is 0 Å². The Morgan fingerprint density at radius 1 is 1.25 bits per heavy atom. The third-order valence-electron chi connectivity index (χ3n) is 4.91. The van der Waals surface area contributed by atoms with Crippen LogP contribution < -0.4 is 11.1 Å². The Labute approximate surface area is 173 Å². The Balaban J connectivity index is 1.96. The van der Waals surface area contributed by atoms with E-state index >= 15 is 0 Å². The van der Waals surface area contributed by atoms with Gasteiger partial charge >= 0.3 is 5.97 Å². The highest BCUT2D eigenvalue weighted by Crippen LogP contribution is 2.33. The van der Waals surface area contributed by atoms with Crippen LogP contribution in [0.15, 0.2) is 46.9 Å². The number of carbonyl (C=O) groups excluding carboxylic acids is 1. The van der Waals surface area contributed by atoms with Gasteiger partial charge in [-0.3, -0.25) is 9.59 Å². The van der Waals surface area contributed by atoms with Crippen molar-refractivity contribution in [2.75, 3.05) is 19.6 Å². The van der Waals surface area contributed by atoms with Gasteiger partial charge in [0.05, 0.1) is 18.3 Å². The van der Waals surface area contributed by atoms with Gasteiger partial charge in [-0.25, -0.2) is 0 Å². The molecule has 0 saturated carbocycles. The van der Waals surface area contributed by atoms with E-state index in [1.54, 1.807) is 23.1 Å². The average molecular weight is 425 g/mol. The number of carboxylic acid groups (broad SMARTS) is 1. The lowest BCUT2D eigenvalue weighted by molar-refractivity contribution is -0.147. The predicted molar refractivity (Wildman–Crippen MR) is 107 cm³/mol. The Hall–Kier alpha value is -2.38. The molecule has 1 amide bonds. The van der Waals surface area contributed by atoms with Crippen molar-refractivity contribution < 1.29 is 14.7 Å². The van der Waals surface area contributed by atoms with Crippen molar-refractivity contribution in [2.45, 2.75) is 25.4 Å². The zero-order valence-electron chi connectivity index (χ0n) is 15.4. The minimum absolute atomic E-state index is 0.182. The molecule has 2 atom stereocenters. The summed E-state index contributed by atoms with van der Waals surface area (Å²) in [5, 5.41) is 13.5. The van der Waals surface area contributed by atoms with Crippen LogP contribution in [0, 0.1) is 0 Å². The van der Waals surface area contributed by atoms with Crippen molar-refractivity contribution in [3.8, 4) is 0 Å². The van der Waals surface area contributed by atoms with Gasteiger partial charge in [0.25, 0.3) is 0 Å². The predicted octanol–water partition coefficient (Wildman–Crippen LogP) is 2.24. The Kier molecular flexibility index (Phi) is 6.05. The summed E-state index contributed by atoms with van der Waals surface area (Å²) in [7, 11) is 0. The molecular weight excluding hydrogens is 403 g/mol. The topological polar surface area (TPSA) is 98.9 Å². The summed E-state index contributed by atoms with van der Waals surface area (Å²) in [4.78, 5) is 27.2. The number of nitrogens with one attached hydrogen (secondary N) is 1. The van der Waals surface area contributed by atoms with Gasteiger partial charge in [-0.2, -0.15) is 0 Å². The first-order chi connectivity index (χ1) is 13.3. The maximum atomic E-state index is 12.5. The zero-order valence-corrected chi connectivity index (χ0v) is 16.9. The monoisotopic (exact) mass is 424 g/mol. The Morgan fingerprint density at radius 3 is 2.54 bits per heavy atom. The van der Waals surface area contributed by atoms with Crippen LogP contribution in [0.5, 0.6) is 0 Å². The fraction of sp³-hybridized carbons (Fsp3) is 0.368. The molecule has 1 fully saturated rings. The second kappa shape index (κ2) is 8.32. The minimum atomic E-state index is -1.14. The number of hydrogen-bond acceptors (Lipinski definition) is 5. The number of dihydropyridines is 1. The second-order valence-corrected chi connectivity index (χ2v) is 7.86. The molecule has 0 bridgehead atoms. The number of amides is 1. The molecule has 28 heavy (non-hydrogen) atoms. The highest BCUT2D eigenvalue weighted by atomic mass is 35.5. The number of aliphatic carboxylic acids is 1. The third kappa shape index (κ3) is 4.36. The summed E-state index contributed by atoms with van der Waals surface area (Å²) in [6.45, 7) is 3.20. The van der Waals surface area contributed by atoms with Gasteiger partial charge in [0, 0.05) is 29.2 Å². The van der Waals surface area contributed by atoms with Gasteiger partial charge in [0.15, 0.2) is 0 Å². The molecule has 1 saturated heterocycles. The van der Waals surface area contributed by atoms with E-state index < -0.39 is 18.3 Å². The lowest BCUT2D eigenvalue weighted by atomic mass is 9.98. The summed E-state index contributed by atoms with van der Waals surface area (Å²) in [5.41, 5.74) is 7.68. The molecule has 1 aromatic rings. The molecule has 0 aromatic heterocycles. The van der Waals surface area contributed by atoms with Crippen molar-refractivity contribution in [1.82, 2.24) is 15.1 Å². The quantitative estimate of drug-likeness (QED) is 0.640. The summed E-state index contributed by atoms with van der Waals surface area (Å²) in [6.07, 6.45) is 1.19. The number of nitrogens with zero attached hydrogens (tertiary/aromatic N) is 2. The number of halogens is 2.